The molecule has 0 aliphatic rings. The smallest absolute Gasteiger partial charge is 0.330 e. The van der Waals surface area contributed by atoms with Crippen molar-refractivity contribution in [1.29, 1.82) is 0 Å². The molecule has 0 heterocycles. The van der Waals surface area contributed by atoms with Crippen molar-refractivity contribution in [3.63, 3.8) is 0 Å². The SMILES string of the molecule is C=CC(=O)OCCC[SiH](C)N[SiH2]N[SiH2]N[SiH3]. The van der Waals surface area contributed by atoms with Crippen molar-refractivity contribution < 1.29 is 9.53 Å². The molecule has 0 amide bonds. The average Bonchev–Trinajstić information content (AvgIpc) is 2.30. The van der Waals surface area contributed by atoms with Gasteiger partial charge in [0.2, 0.25) is 0 Å². The maximum Gasteiger partial charge on any atom is 0.330 e. The third-order valence-corrected chi connectivity index (χ3v) is 10.4. The zero-order valence-electron chi connectivity index (χ0n) is 10.2. The van der Waals surface area contributed by atoms with Crippen LogP contribution in [0, 0.1) is 0 Å². The monoisotopic (exact) mass is 293 g/mol. The summed E-state index contributed by atoms with van der Waals surface area (Å²) in [6.45, 7) is 6.18. The predicted molar refractivity (Wildman–Crippen MR) is 80.0 cm³/mol. The van der Waals surface area contributed by atoms with E-state index in [0.29, 0.717) is 6.61 Å². The molecule has 0 bridgehead atoms. The van der Waals surface area contributed by atoms with Crippen molar-refractivity contribution in [2.24, 2.45) is 0 Å². The van der Waals surface area contributed by atoms with Crippen molar-refractivity contribution in [3.05, 3.63) is 12.7 Å². The molecule has 16 heavy (non-hydrogen) atoms. The fourth-order valence-corrected chi connectivity index (χ4v) is 9.77. The Kier molecular flexibility index (Phi) is 11.4. The van der Waals surface area contributed by atoms with E-state index in [1.165, 1.54) is 12.1 Å². The molecule has 5 nitrogen and oxygen atoms in total. The molecule has 0 radical (unpaired) electrons. The summed E-state index contributed by atoms with van der Waals surface area (Å²) in [5, 5.41) is 0. The van der Waals surface area contributed by atoms with Crippen LogP contribution in [0.5, 0.6) is 0 Å². The minimum absolute atomic E-state index is 0.156. The molecule has 1 atom stereocenters. The summed E-state index contributed by atoms with van der Waals surface area (Å²) in [5.41, 5.74) is 0. The highest BCUT2D eigenvalue weighted by Gasteiger charge is 2.03. The van der Waals surface area contributed by atoms with Gasteiger partial charge >= 0.3 is 5.97 Å². The van der Waals surface area contributed by atoms with Crippen LogP contribution < -0.4 is 13.9 Å². The molecular formula is C7H23N3O2Si4. The average molecular weight is 294 g/mol. The van der Waals surface area contributed by atoms with Gasteiger partial charge in [-0.3, -0.25) is 0 Å². The molecule has 0 aromatic heterocycles. The van der Waals surface area contributed by atoms with Crippen molar-refractivity contribution in [1.82, 2.24) is 13.9 Å². The normalized spacial score (nSPS) is 13.8. The fraction of sp³-hybridized carbons (Fsp3) is 0.571. The van der Waals surface area contributed by atoms with Crippen LogP contribution >= 0.6 is 0 Å². The van der Waals surface area contributed by atoms with Crippen molar-refractivity contribution >= 4 is 45.0 Å². The second kappa shape index (κ2) is 11.4. The Balaban J connectivity index is 3.26. The highest BCUT2D eigenvalue weighted by atomic mass is 28.3. The molecular weight excluding hydrogens is 270 g/mol. The third-order valence-electron chi connectivity index (χ3n) is 2.07. The van der Waals surface area contributed by atoms with Crippen LogP contribution in [0.3, 0.4) is 0 Å². The van der Waals surface area contributed by atoms with E-state index in [2.05, 4.69) is 27.1 Å². The van der Waals surface area contributed by atoms with E-state index in [1.807, 2.05) is 0 Å². The highest BCUT2D eigenvalue weighted by molar-refractivity contribution is 6.66. The molecule has 0 rings (SSSR count). The summed E-state index contributed by atoms with van der Waals surface area (Å²) < 4.78 is 15.4. The number of carbonyl (C=O) groups excluding carboxylic acids is 1. The first kappa shape index (κ1) is 16.0. The number of nitrogens with one attached hydrogen (secondary N) is 3. The lowest BCUT2D eigenvalue weighted by atomic mass is 10.5. The van der Waals surface area contributed by atoms with Gasteiger partial charge in [0.25, 0.3) is 0 Å². The topological polar surface area (TPSA) is 62.4 Å². The highest BCUT2D eigenvalue weighted by Crippen LogP contribution is 1.95. The maximum atomic E-state index is 10.8. The van der Waals surface area contributed by atoms with Crippen LogP contribution in [0.4, 0.5) is 0 Å². The fourth-order valence-electron chi connectivity index (χ4n) is 1.16. The van der Waals surface area contributed by atoms with Crippen molar-refractivity contribution in [2.75, 3.05) is 6.61 Å². The molecule has 9 heteroatoms. The van der Waals surface area contributed by atoms with E-state index in [0.717, 1.165) is 16.8 Å². The van der Waals surface area contributed by atoms with Gasteiger partial charge in [-0.15, -0.1) is 0 Å². The first-order valence-corrected chi connectivity index (χ1v) is 12.0. The quantitative estimate of drug-likeness (QED) is 0.169. The van der Waals surface area contributed by atoms with E-state index in [-0.39, 0.29) is 25.7 Å². The molecule has 0 aliphatic carbocycles. The summed E-state index contributed by atoms with van der Waals surface area (Å²) >= 11 is 0. The third kappa shape index (κ3) is 10.5. The Morgan fingerprint density at radius 2 is 2.38 bits per heavy atom. The Labute approximate surface area is 107 Å². The lowest BCUT2D eigenvalue weighted by molar-refractivity contribution is -0.137. The van der Waals surface area contributed by atoms with Gasteiger partial charge in [0.1, 0.15) is 0 Å². The maximum absolute atomic E-state index is 10.8. The lowest BCUT2D eigenvalue weighted by Gasteiger charge is -2.12. The van der Waals surface area contributed by atoms with Crippen LogP contribution in [-0.2, 0) is 9.53 Å². The van der Waals surface area contributed by atoms with Gasteiger partial charge in [0, 0.05) is 6.08 Å². The van der Waals surface area contributed by atoms with E-state index in [9.17, 15) is 4.79 Å². The number of rotatable bonds is 10. The summed E-state index contributed by atoms with van der Waals surface area (Å²) in [6, 6.07) is 1.18. The molecule has 0 saturated heterocycles. The Morgan fingerprint density at radius 3 is 3.00 bits per heavy atom. The van der Waals surface area contributed by atoms with E-state index in [1.54, 1.807) is 0 Å². The molecule has 3 N–H and O–H groups in total. The molecule has 0 aliphatic heterocycles. The number of esters is 1. The summed E-state index contributed by atoms with van der Waals surface area (Å²) in [6.07, 6.45) is 2.17. The lowest BCUT2D eigenvalue weighted by Crippen LogP contribution is -2.46. The molecule has 0 aromatic rings. The van der Waals surface area contributed by atoms with Crippen molar-refractivity contribution in [3.8, 4) is 0 Å². The Bertz CT molecular complexity index is 208. The minimum atomic E-state index is -0.779. The van der Waals surface area contributed by atoms with E-state index < -0.39 is 8.96 Å². The van der Waals surface area contributed by atoms with Crippen molar-refractivity contribution in [2.45, 2.75) is 19.0 Å². The van der Waals surface area contributed by atoms with Gasteiger partial charge in [-0.25, -0.2) is 4.79 Å². The molecule has 1 unspecified atom stereocenters. The number of hydrogen-bond acceptors (Lipinski definition) is 5. The van der Waals surface area contributed by atoms with Gasteiger partial charge in [0.05, 0.1) is 26.0 Å². The first-order chi connectivity index (χ1) is 7.70. The number of ether oxygens (including phenoxy) is 1. The zero-order chi connectivity index (χ0) is 12.2. The van der Waals surface area contributed by atoms with Crippen LogP contribution in [0.2, 0.25) is 12.6 Å². The largest absolute Gasteiger partial charge is 0.463 e. The van der Waals surface area contributed by atoms with Gasteiger partial charge in [-0.05, 0) is 12.5 Å². The van der Waals surface area contributed by atoms with Crippen LogP contribution in [-0.4, -0.2) is 51.6 Å². The molecule has 94 valence electrons. The van der Waals surface area contributed by atoms with Gasteiger partial charge < -0.3 is 18.7 Å². The van der Waals surface area contributed by atoms with Crippen LogP contribution in [0.25, 0.3) is 0 Å². The van der Waals surface area contributed by atoms with Gasteiger partial charge in [0.15, 0.2) is 19.7 Å². The van der Waals surface area contributed by atoms with Crippen LogP contribution in [0.15, 0.2) is 12.7 Å². The van der Waals surface area contributed by atoms with Gasteiger partial charge in [-0.2, -0.15) is 0 Å². The first-order valence-electron chi connectivity index (χ1n) is 5.58. The Morgan fingerprint density at radius 1 is 1.62 bits per heavy atom. The predicted octanol–water partition coefficient (Wildman–Crippen LogP) is -3.49. The molecule has 0 fully saturated rings. The number of carbonyl (C=O) groups is 1. The second-order valence-corrected chi connectivity index (χ2v) is 13.1. The summed E-state index contributed by atoms with van der Waals surface area (Å²) in [5.74, 6) is -0.317. The molecule has 0 spiro atoms. The van der Waals surface area contributed by atoms with Gasteiger partial charge in [-0.1, -0.05) is 13.1 Å². The zero-order valence-corrected chi connectivity index (χ0v) is 16.2. The summed E-state index contributed by atoms with van der Waals surface area (Å²) in [4.78, 5) is 10.8. The second-order valence-electron chi connectivity index (χ2n) is 3.58. The molecule has 0 aromatic carbocycles. The van der Waals surface area contributed by atoms with E-state index in [4.69, 9.17) is 4.74 Å². The summed E-state index contributed by atoms with van der Waals surface area (Å²) in [7, 11) is -0.0760. The molecule has 0 saturated carbocycles. The minimum Gasteiger partial charge on any atom is -0.463 e. The number of hydrogen-bond donors (Lipinski definition) is 3. The van der Waals surface area contributed by atoms with E-state index >= 15 is 0 Å². The van der Waals surface area contributed by atoms with Crippen LogP contribution in [0.1, 0.15) is 6.42 Å². The standard InChI is InChI=1S/C7H23N3O2Si4/c1-3-7(11)12-5-4-6-16(2)10-15-9-14-8-13/h3,8-10,16H,1,4-6,14-15H2,2,13H3. The Hall–Kier alpha value is -0.0425.